The predicted molar refractivity (Wildman–Crippen MR) is 103 cm³/mol. The molecule has 3 rings (SSSR count). The summed E-state index contributed by atoms with van der Waals surface area (Å²) in [5.74, 6) is -0.612. The lowest BCUT2D eigenvalue weighted by Crippen LogP contribution is -2.38. The summed E-state index contributed by atoms with van der Waals surface area (Å²) in [6, 6.07) is 6.75. The number of hydrogen-bond acceptors (Lipinski definition) is 4. The Morgan fingerprint density at radius 3 is 3.08 bits per heavy atom. The van der Waals surface area contributed by atoms with Crippen molar-refractivity contribution in [2.45, 2.75) is 18.9 Å². The van der Waals surface area contributed by atoms with Gasteiger partial charge in [-0.3, -0.25) is 4.98 Å². The SMILES string of the molecule is O=C(OCCNC(=S)NC1CCc2c(F)cccc21)c1cncc(Br)c1. The number of ether oxygens (including phenoxy) is 1. The highest BCUT2D eigenvalue weighted by Crippen LogP contribution is 2.32. The molecule has 136 valence electrons. The van der Waals surface area contributed by atoms with Crippen LogP contribution >= 0.6 is 28.1 Å². The number of esters is 1. The summed E-state index contributed by atoms with van der Waals surface area (Å²) in [6.07, 6.45) is 4.53. The van der Waals surface area contributed by atoms with Crippen LogP contribution in [0.5, 0.6) is 0 Å². The average Bonchev–Trinajstić information content (AvgIpc) is 3.03. The summed E-state index contributed by atoms with van der Waals surface area (Å²) in [4.78, 5) is 15.8. The number of fused-ring (bicyclic) bond motifs is 1. The number of pyridine rings is 1. The monoisotopic (exact) mass is 437 g/mol. The minimum absolute atomic E-state index is 0.00371. The number of benzene rings is 1. The molecular weight excluding hydrogens is 421 g/mol. The van der Waals surface area contributed by atoms with E-state index in [9.17, 15) is 9.18 Å². The van der Waals surface area contributed by atoms with Crippen LogP contribution in [0.3, 0.4) is 0 Å². The molecule has 5 nitrogen and oxygen atoms in total. The van der Waals surface area contributed by atoms with Crippen LogP contribution in [0.25, 0.3) is 0 Å². The van der Waals surface area contributed by atoms with Gasteiger partial charge in [0.1, 0.15) is 12.4 Å². The van der Waals surface area contributed by atoms with Crippen LogP contribution in [0, 0.1) is 5.82 Å². The minimum Gasteiger partial charge on any atom is -0.460 e. The maximum Gasteiger partial charge on any atom is 0.339 e. The van der Waals surface area contributed by atoms with Crippen molar-refractivity contribution in [2.75, 3.05) is 13.2 Å². The first-order valence-electron chi connectivity index (χ1n) is 8.14. The summed E-state index contributed by atoms with van der Waals surface area (Å²) >= 11 is 8.53. The van der Waals surface area contributed by atoms with Crippen molar-refractivity contribution in [1.29, 1.82) is 0 Å². The Kier molecular flexibility index (Phi) is 6.16. The second kappa shape index (κ2) is 8.55. The minimum atomic E-state index is -0.445. The summed E-state index contributed by atoms with van der Waals surface area (Å²) in [6.45, 7) is 0.546. The molecule has 0 radical (unpaired) electrons. The van der Waals surface area contributed by atoms with Gasteiger partial charge in [0.05, 0.1) is 18.2 Å². The molecule has 1 heterocycles. The zero-order valence-electron chi connectivity index (χ0n) is 13.8. The quantitative estimate of drug-likeness (QED) is 0.425. The van der Waals surface area contributed by atoms with Gasteiger partial charge in [0.25, 0.3) is 0 Å². The predicted octanol–water partition coefficient (Wildman–Crippen LogP) is 3.29. The highest BCUT2D eigenvalue weighted by atomic mass is 79.9. The van der Waals surface area contributed by atoms with Gasteiger partial charge in [-0.25, -0.2) is 9.18 Å². The largest absolute Gasteiger partial charge is 0.460 e. The molecule has 0 aliphatic heterocycles. The fraction of sp³-hybridized carbons (Fsp3) is 0.278. The molecule has 1 aromatic carbocycles. The Balaban J connectivity index is 1.42. The molecule has 8 heteroatoms. The van der Waals surface area contributed by atoms with Crippen molar-refractivity contribution in [2.24, 2.45) is 0 Å². The van der Waals surface area contributed by atoms with Gasteiger partial charge in [0, 0.05) is 16.9 Å². The fourth-order valence-corrected chi connectivity index (χ4v) is 3.49. The third-order valence-electron chi connectivity index (χ3n) is 4.08. The Morgan fingerprint density at radius 2 is 2.27 bits per heavy atom. The molecule has 0 spiro atoms. The molecule has 0 saturated carbocycles. The molecule has 0 amide bonds. The number of nitrogens with zero attached hydrogens (tertiary/aromatic N) is 1. The summed E-state index contributed by atoms with van der Waals surface area (Å²) in [5, 5.41) is 6.64. The van der Waals surface area contributed by atoms with E-state index in [0.29, 0.717) is 28.1 Å². The van der Waals surface area contributed by atoms with E-state index < -0.39 is 5.97 Å². The van der Waals surface area contributed by atoms with Crippen LogP contribution in [0.1, 0.15) is 33.9 Å². The molecule has 2 N–H and O–H groups in total. The van der Waals surface area contributed by atoms with Crippen molar-refractivity contribution in [3.63, 3.8) is 0 Å². The molecule has 1 atom stereocenters. The first-order valence-corrected chi connectivity index (χ1v) is 9.34. The highest BCUT2D eigenvalue weighted by molar-refractivity contribution is 9.10. The first kappa shape index (κ1) is 18.7. The Hall–Kier alpha value is -2.06. The zero-order chi connectivity index (χ0) is 18.5. The number of nitrogens with one attached hydrogen (secondary N) is 2. The van der Waals surface area contributed by atoms with Gasteiger partial charge in [-0.2, -0.15) is 0 Å². The molecule has 1 unspecified atom stereocenters. The van der Waals surface area contributed by atoms with Crippen molar-refractivity contribution < 1.29 is 13.9 Å². The van der Waals surface area contributed by atoms with E-state index in [4.69, 9.17) is 17.0 Å². The van der Waals surface area contributed by atoms with E-state index in [1.54, 1.807) is 18.3 Å². The number of halogens is 2. The van der Waals surface area contributed by atoms with Gasteiger partial charge >= 0.3 is 5.97 Å². The van der Waals surface area contributed by atoms with Gasteiger partial charge in [0.15, 0.2) is 5.11 Å². The van der Waals surface area contributed by atoms with Crippen LogP contribution < -0.4 is 10.6 Å². The van der Waals surface area contributed by atoms with E-state index >= 15 is 0 Å². The molecule has 26 heavy (non-hydrogen) atoms. The van der Waals surface area contributed by atoms with E-state index in [1.807, 2.05) is 6.07 Å². The van der Waals surface area contributed by atoms with Gasteiger partial charge < -0.3 is 15.4 Å². The molecule has 1 aliphatic rings. The number of rotatable bonds is 5. The average molecular weight is 438 g/mol. The summed E-state index contributed by atoms with van der Waals surface area (Å²) < 4.78 is 19.6. The number of thiocarbonyl (C=S) groups is 1. The second-order valence-corrected chi connectivity index (χ2v) is 7.15. The third-order valence-corrected chi connectivity index (χ3v) is 4.78. The summed E-state index contributed by atoms with van der Waals surface area (Å²) in [7, 11) is 0. The van der Waals surface area contributed by atoms with Crippen LogP contribution in [0.4, 0.5) is 4.39 Å². The lowest BCUT2D eigenvalue weighted by Gasteiger charge is -2.17. The van der Waals surface area contributed by atoms with Crippen LogP contribution in [-0.4, -0.2) is 29.2 Å². The molecule has 2 aromatic rings. The molecule has 0 fully saturated rings. The van der Waals surface area contributed by atoms with Crippen molar-refractivity contribution in [3.05, 3.63) is 63.6 Å². The molecule has 1 aromatic heterocycles. The standard InChI is InChI=1S/C18H17BrFN3O2S/c19-12-8-11(9-21-10-12)17(24)25-7-6-22-18(26)23-16-5-4-13-14(16)2-1-3-15(13)20/h1-3,8-10,16H,4-7H2,(H2,22,23,26). The van der Waals surface area contributed by atoms with Crippen molar-refractivity contribution in [1.82, 2.24) is 15.6 Å². The molecule has 1 aliphatic carbocycles. The Morgan fingerprint density at radius 1 is 1.42 bits per heavy atom. The van der Waals surface area contributed by atoms with E-state index in [0.717, 1.165) is 17.5 Å². The molecule has 0 saturated heterocycles. The Labute approximate surface area is 164 Å². The van der Waals surface area contributed by atoms with E-state index in [-0.39, 0.29) is 18.5 Å². The van der Waals surface area contributed by atoms with Gasteiger partial charge in [-0.15, -0.1) is 0 Å². The highest BCUT2D eigenvalue weighted by Gasteiger charge is 2.25. The third kappa shape index (κ3) is 4.56. The number of aromatic nitrogens is 1. The summed E-state index contributed by atoms with van der Waals surface area (Å²) in [5.41, 5.74) is 2.08. The number of carbonyl (C=O) groups excluding carboxylic acids is 1. The maximum absolute atomic E-state index is 13.8. The van der Waals surface area contributed by atoms with E-state index in [2.05, 4.69) is 31.5 Å². The number of carbonyl (C=O) groups is 1. The normalized spacial score (nSPS) is 15.2. The first-order chi connectivity index (χ1) is 12.5. The van der Waals surface area contributed by atoms with Gasteiger partial charge in [0.2, 0.25) is 0 Å². The van der Waals surface area contributed by atoms with Gasteiger partial charge in [-0.1, -0.05) is 12.1 Å². The lowest BCUT2D eigenvalue weighted by atomic mass is 10.1. The topological polar surface area (TPSA) is 63.2 Å². The smallest absolute Gasteiger partial charge is 0.339 e. The fourth-order valence-electron chi connectivity index (χ4n) is 2.88. The number of hydrogen-bond donors (Lipinski definition) is 2. The lowest BCUT2D eigenvalue weighted by molar-refractivity contribution is 0.0512. The van der Waals surface area contributed by atoms with Crippen LogP contribution in [0.15, 0.2) is 41.1 Å². The maximum atomic E-state index is 13.8. The van der Waals surface area contributed by atoms with Crippen molar-refractivity contribution >= 4 is 39.2 Å². The Bertz CT molecular complexity index is 834. The molecular formula is C18H17BrFN3O2S. The van der Waals surface area contributed by atoms with E-state index in [1.165, 1.54) is 12.3 Å². The molecule has 0 bridgehead atoms. The zero-order valence-corrected chi connectivity index (χ0v) is 16.2. The van der Waals surface area contributed by atoms with Gasteiger partial charge in [-0.05, 0) is 64.2 Å². The van der Waals surface area contributed by atoms with Crippen LogP contribution in [-0.2, 0) is 11.2 Å². The van der Waals surface area contributed by atoms with Crippen LogP contribution in [0.2, 0.25) is 0 Å². The second-order valence-electron chi connectivity index (χ2n) is 5.83. The van der Waals surface area contributed by atoms with Crippen molar-refractivity contribution in [3.8, 4) is 0 Å².